The lowest BCUT2D eigenvalue weighted by atomic mass is 10.0. The number of ether oxygens (including phenoxy) is 1. The van der Waals surface area contributed by atoms with Crippen LogP contribution >= 0.6 is 27.5 Å². The van der Waals surface area contributed by atoms with E-state index in [1.165, 1.54) is 0 Å². The van der Waals surface area contributed by atoms with Gasteiger partial charge in [-0.1, -0.05) is 40.2 Å². The minimum absolute atomic E-state index is 0.160. The van der Waals surface area contributed by atoms with Crippen LogP contribution in [-0.2, 0) is 0 Å². The Morgan fingerprint density at radius 3 is 2.28 bits per heavy atom. The van der Waals surface area contributed by atoms with E-state index < -0.39 is 0 Å². The first-order valence-electron chi connectivity index (χ1n) is 5.66. The molecule has 0 aromatic heterocycles. The molecule has 0 saturated carbocycles. The van der Waals surface area contributed by atoms with Gasteiger partial charge in [0.25, 0.3) is 0 Å². The summed E-state index contributed by atoms with van der Waals surface area (Å²) in [4.78, 5) is 0. The molecule has 94 valence electrons. The van der Waals surface area contributed by atoms with Crippen molar-refractivity contribution in [2.24, 2.45) is 0 Å². The SMILES string of the molecule is COc1cc(C(Cl)c2ccc(Br)cc2)ccc1C. The highest BCUT2D eigenvalue weighted by Crippen LogP contribution is 2.32. The third kappa shape index (κ3) is 2.88. The summed E-state index contributed by atoms with van der Waals surface area (Å²) in [5.74, 6) is 0.871. The molecule has 1 unspecified atom stereocenters. The molecule has 0 aliphatic heterocycles. The number of hydrogen-bond donors (Lipinski definition) is 0. The predicted molar refractivity (Wildman–Crippen MR) is 79.6 cm³/mol. The highest BCUT2D eigenvalue weighted by molar-refractivity contribution is 9.10. The lowest BCUT2D eigenvalue weighted by Crippen LogP contribution is -1.95. The first-order valence-corrected chi connectivity index (χ1v) is 6.89. The molecule has 0 aliphatic carbocycles. The highest BCUT2D eigenvalue weighted by atomic mass is 79.9. The number of halogens is 2. The average molecular weight is 326 g/mol. The number of rotatable bonds is 3. The van der Waals surface area contributed by atoms with Gasteiger partial charge >= 0.3 is 0 Å². The normalized spacial score (nSPS) is 12.2. The molecule has 2 aromatic rings. The lowest BCUT2D eigenvalue weighted by molar-refractivity contribution is 0.411. The van der Waals surface area contributed by atoms with Gasteiger partial charge in [-0.3, -0.25) is 0 Å². The molecule has 3 heteroatoms. The molecule has 0 saturated heterocycles. The molecule has 0 heterocycles. The summed E-state index contributed by atoms with van der Waals surface area (Å²) in [6, 6.07) is 14.1. The molecule has 1 nitrogen and oxygen atoms in total. The number of benzene rings is 2. The summed E-state index contributed by atoms with van der Waals surface area (Å²) >= 11 is 9.91. The van der Waals surface area contributed by atoms with Crippen molar-refractivity contribution < 1.29 is 4.74 Å². The molecule has 18 heavy (non-hydrogen) atoms. The monoisotopic (exact) mass is 324 g/mol. The average Bonchev–Trinajstić information content (AvgIpc) is 2.39. The van der Waals surface area contributed by atoms with Crippen LogP contribution in [0, 0.1) is 6.92 Å². The Labute approximate surface area is 121 Å². The Kier molecular flexibility index (Phi) is 4.31. The van der Waals surface area contributed by atoms with Gasteiger partial charge in [0.05, 0.1) is 12.5 Å². The van der Waals surface area contributed by atoms with E-state index in [0.717, 1.165) is 26.9 Å². The van der Waals surface area contributed by atoms with Crippen molar-refractivity contribution in [2.75, 3.05) is 7.11 Å². The van der Waals surface area contributed by atoms with Crippen LogP contribution in [0.3, 0.4) is 0 Å². The van der Waals surface area contributed by atoms with E-state index in [9.17, 15) is 0 Å². The van der Waals surface area contributed by atoms with Gasteiger partial charge in [0.1, 0.15) is 5.75 Å². The van der Waals surface area contributed by atoms with Crippen molar-refractivity contribution >= 4 is 27.5 Å². The van der Waals surface area contributed by atoms with Gasteiger partial charge in [0, 0.05) is 4.47 Å². The quantitative estimate of drug-likeness (QED) is 0.714. The lowest BCUT2D eigenvalue weighted by Gasteiger charge is -2.13. The molecule has 0 radical (unpaired) electrons. The Morgan fingerprint density at radius 1 is 1.06 bits per heavy atom. The largest absolute Gasteiger partial charge is 0.496 e. The van der Waals surface area contributed by atoms with Crippen LogP contribution in [0.1, 0.15) is 22.1 Å². The summed E-state index contributed by atoms with van der Waals surface area (Å²) in [5, 5.41) is -0.160. The van der Waals surface area contributed by atoms with Crippen LogP contribution in [0.2, 0.25) is 0 Å². The number of hydrogen-bond acceptors (Lipinski definition) is 1. The Bertz CT molecular complexity index is 537. The van der Waals surface area contributed by atoms with E-state index in [1.807, 2.05) is 49.4 Å². The fourth-order valence-electron chi connectivity index (χ4n) is 1.82. The molecule has 1 atom stereocenters. The zero-order chi connectivity index (χ0) is 13.1. The summed E-state index contributed by atoms with van der Waals surface area (Å²) in [6.07, 6.45) is 0. The molecule has 0 N–H and O–H groups in total. The van der Waals surface area contributed by atoms with Crippen LogP contribution in [0.5, 0.6) is 5.75 Å². The number of methoxy groups -OCH3 is 1. The first kappa shape index (κ1) is 13.4. The maximum Gasteiger partial charge on any atom is 0.122 e. The molecule has 0 spiro atoms. The van der Waals surface area contributed by atoms with E-state index in [2.05, 4.69) is 15.9 Å². The van der Waals surface area contributed by atoms with Gasteiger partial charge in [-0.2, -0.15) is 0 Å². The maximum atomic E-state index is 6.49. The van der Waals surface area contributed by atoms with Gasteiger partial charge in [0.2, 0.25) is 0 Å². The number of alkyl halides is 1. The summed E-state index contributed by atoms with van der Waals surface area (Å²) in [6.45, 7) is 2.02. The smallest absolute Gasteiger partial charge is 0.122 e. The maximum absolute atomic E-state index is 6.49. The zero-order valence-corrected chi connectivity index (χ0v) is 12.6. The van der Waals surface area contributed by atoms with Crippen molar-refractivity contribution in [1.82, 2.24) is 0 Å². The third-order valence-electron chi connectivity index (χ3n) is 2.89. The third-order valence-corrected chi connectivity index (χ3v) is 3.92. The number of aryl methyl sites for hydroxylation is 1. The summed E-state index contributed by atoms with van der Waals surface area (Å²) in [5.41, 5.74) is 3.23. The predicted octanol–water partition coefficient (Wildman–Crippen LogP) is 5.09. The molecular weight excluding hydrogens is 312 g/mol. The van der Waals surface area contributed by atoms with Crippen LogP contribution in [0.25, 0.3) is 0 Å². The molecule has 0 amide bonds. The van der Waals surface area contributed by atoms with Crippen LogP contribution < -0.4 is 4.74 Å². The zero-order valence-electron chi connectivity index (χ0n) is 10.3. The Morgan fingerprint density at radius 2 is 1.67 bits per heavy atom. The van der Waals surface area contributed by atoms with E-state index >= 15 is 0 Å². The minimum atomic E-state index is -0.160. The van der Waals surface area contributed by atoms with Crippen molar-refractivity contribution in [1.29, 1.82) is 0 Å². The molecule has 0 aliphatic rings. The van der Waals surface area contributed by atoms with Gasteiger partial charge < -0.3 is 4.74 Å². The van der Waals surface area contributed by atoms with Crippen LogP contribution in [0.4, 0.5) is 0 Å². The fraction of sp³-hybridized carbons (Fsp3) is 0.200. The van der Waals surface area contributed by atoms with Gasteiger partial charge in [-0.05, 0) is 41.8 Å². The Balaban J connectivity index is 2.33. The minimum Gasteiger partial charge on any atom is -0.496 e. The topological polar surface area (TPSA) is 9.23 Å². The van der Waals surface area contributed by atoms with Crippen molar-refractivity contribution in [2.45, 2.75) is 12.3 Å². The fourth-order valence-corrected chi connectivity index (χ4v) is 2.36. The van der Waals surface area contributed by atoms with E-state index in [0.29, 0.717) is 0 Å². The van der Waals surface area contributed by atoms with Crippen LogP contribution in [-0.4, -0.2) is 7.11 Å². The second-order valence-corrected chi connectivity index (χ2v) is 5.50. The van der Waals surface area contributed by atoms with E-state index in [-0.39, 0.29) is 5.38 Å². The Hall–Kier alpha value is -0.990. The molecule has 0 fully saturated rings. The van der Waals surface area contributed by atoms with Gasteiger partial charge in [-0.15, -0.1) is 11.6 Å². The van der Waals surface area contributed by atoms with Crippen molar-refractivity contribution in [3.63, 3.8) is 0 Å². The summed E-state index contributed by atoms with van der Waals surface area (Å²) < 4.78 is 6.38. The van der Waals surface area contributed by atoms with Crippen molar-refractivity contribution in [3.8, 4) is 5.75 Å². The van der Waals surface area contributed by atoms with Gasteiger partial charge in [0.15, 0.2) is 0 Å². The van der Waals surface area contributed by atoms with E-state index in [4.69, 9.17) is 16.3 Å². The molecule has 2 aromatic carbocycles. The standard InChI is InChI=1S/C15H14BrClO/c1-10-3-4-12(9-14(10)18-2)15(17)11-5-7-13(16)8-6-11/h3-9,15H,1-2H3. The second-order valence-electron chi connectivity index (χ2n) is 4.14. The van der Waals surface area contributed by atoms with Crippen molar-refractivity contribution in [3.05, 3.63) is 63.6 Å². The highest BCUT2D eigenvalue weighted by Gasteiger charge is 2.12. The molecular formula is C15H14BrClO. The van der Waals surface area contributed by atoms with Gasteiger partial charge in [-0.25, -0.2) is 0 Å². The van der Waals surface area contributed by atoms with E-state index in [1.54, 1.807) is 7.11 Å². The first-order chi connectivity index (χ1) is 8.61. The summed E-state index contributed by atoms with van der Waals surface area (Å²) in [7, 11) is 1.68. The second kappa shape index (κ2) is 5.77. The van der Waals surface area contributed by atoms with Crippen LogP contribution in [0.15, 0.2) is 46.9 Å². The molecule has 0 bridgehead atoms. The molecule has 2 rings (SSSR count).